The summed E-state index contributed by atoms with van der Waals surface area (Å²) in [6, 6.07) is 2.06. The zero-order chi connectivity index (χ0) is 11.5. The predicted molar refractivity (Wildman–Crippen MR) is 60.6 cm³/mol. The molecule has 0 radical (unpaired) electrons. The molecule has 1 aromatic heterocycles. The van der Waals surface area contributed by atoms with Crippen molar-refractivity contribution in [3.05, 3.63) is 17.5 Å². The Morgan fingerprint density at radius 2 is 2.27 bits per heavy atom. The number of hydrogen-bond donors (Lipinski definition) is 2. The van der Waals surface area contributed by atoms with E-state index >= 15 is 0 Å². The van der Waals surface area contributed by atoms with E-state index in [2.05, 4.69) is 23.4 Å². The number of aryl methyl sites for hydroxylation is 2. The van der Waals surface area contributed by atoms with Crippen molar-refractivity contribution in [2.75, 3.05) is 6.61 Å². The molecule has 0 fully saturated rings. The lowest BCUT2D eigenvalue weighted by Gasteiger charge is -2.27. The predicted octanol–water partition coefficient (Wildman–Crippen LogP) is 0.979. The van der Waals surface area contributed by atoms with Crippen molar-refractivity contribution >= 4 is 0 Å². The first-order valence-corrected chi connectivity index (χ1v) is 5.36. The minimum absolute atomic E-state index is 0.153. The third-order valence-electron chi connectivity index (χ3n) is 2.92. The van der Waals surface area contributed by atoms with E-state index in [1.165, 1.54) is 0 Å². The molecule has 0 bridgehead atoms. The standard InChI is InChI=1S/C11H21N3O/c1-5-11(3,8-15)12-7-10-6-9(2)13-14(10)4/h6,12,15H,5,7-8H2,1-4H3. The van der Waals surface area contributed by atoms with Gasteiger partial charge in [-0.25, -0.2) is 0 Å². The Bertz CT molecular complexity index is 316. The van der Waals surface area contributed by atoms with Crippen LogP contribution in [0.1, 0.15) is 31.7 Å². The molecule has 1 aromatic rings. The lowest BCUT2D eigenvalue weighted by molar-refractivity contribution is 0.168. The van der Waals surface area contributed by atoms with E-state index in [1.807, 2.05) is 25.6 Å². The Hall–Kier alpha value is -0.870. The van der Waals surface area contributed by atoms with Gasteiger partial charge in [0.15, 0.2) is 0 Å². The van der Waals surface area contributed by atoms with Crippen LogP contribution in [0.2, 0.25) is 0 Å². The fourth-order valence-corrected chi connectivity index (χ4v) is 1.43. The minimum Gasteiger partial charge on any atom is -0.394 e. The van der Waals surface area contributed by atoms with Gasteiger partial charge in [-0.3, -0.25) is 4.68 Å². The molecular weight excluding hydrogens is 190 g/mol. The summed E-state index contributed by atoms with van der Waals surface area (Å²) >= 11 is 0. The van der Waals surface area contributed by atoms with Gasteiger partial charge in [0.25, 0.3) is 0 Å². The van der Waals surface area contributed by atoms with E-state index < -0.39 is 0 Å². The second-order valence-electron chi connectivity index (χ2n) is 4.33. The van der Waals surface area contributed by atoms with Gasteiger partial charge in [-0.1, -0.05) is 6.92 Å². The molecule has 1 rings (SSSR count). The fourth-order valence-electron chi connectivity index (χ4n) is 1.43. The summed E-state index contributed by atoms with van der Waals surface area (Å²) in [6.45, 7) is 6.96. The van der Waals surface area contributed by atoms with Crippen molar-refractivity contribution in [3.63, 3.8) is 0 Å². The number of aliphatic hydroxyl groups is 1. The summed E-state index contributed by atoms with van der Waals surface area (Å²) in [6.07, 6.45) is 0.903. The van der Waals surface area contributed by atoms with Gasteiger partial charge in [0.2, 0.25) is 0 Å². The molecule has 0 aliphatic heterocycles. The number of nitrogens with one attached hydrogen (secondary N) is 1. The molecule has 1 heterocycles. The molecular formula is C11H21N3O. The quantitative estimate of drug-likeness (QED) is 0.763. The van der Waals surface area contributed by atoms with Crippen LogP contribution in [0.4, 0.5) is 0 Å². The highest BCUT2D eigenvalue weighted by molar-refractivity contribution is 5.08. The third kappa shape index (κ3) is 3.04. The Labute approximate surface area is 91.3 Å². The first-order valence-electron chi connectivity index (χ1n) is 5.36. The minimum atomic E-state index is -0.196. The first kappa shape index (κ1) is 12.2. The smallest absolute Gasteiger partial charge is 0.0610 e. The van der Waals surface area contributed by atoms with E-state index in [0.29, 0.717) is 0 Å². The lowest BCUT2D eigenvalue weighted by atomic mass is 10.0. The number of nitrogens with zero attached hydrogens (tertiary/aromatic N) is 2. The maximum absolute atomic E-state index is 9.25. The van der Waals surface area contributed by atoms with Gasteiger partial charge in [0.1, 0.15) is 0 Å². The van der Waals surface area contributed by atoms with Crippen LogP contribution < -0.4 is 5.32 Å². The molecule has 0 aliphatic rings. The Kier molecular flexibility index (Phi) is 3.88. The fraction of sp³-hybridized carbons (Fsp3) is 0.727. The molecule has 0 aromatic carbocycles. The lowest BCUT2D eigenvalue weighted by Crippen LogP contribution is -2.44. The molecule has 4 nitrogen and oxygen atoms in total. The van der Waals surface area contributed by atoms with Gasteiger partial charge >= 0.3 is 0 Å². The third-order valence-corrected chi connectivity index (χ3v) is 2.92. The molecule has 0 saturated carbocycles. The van der Waals surface area contributed by atoms with Gasteiger partial charge in [0, 0.05) is 19.1 Å². The van der Waals surface area contributed by atoms with Crippen molar-refractivity contribution in [1.82, 2.24) is 15.1 Å². The van der Waals surface area contributed by atoms with Crippen LogP contribution >= 0.6 is 0 Å². The molecule has 0 amide bonds. The van der Waals surface area contributed by atoms with Crippen molar-refractivity contribution < 1.29 is 5.11 Å². The maximum atomic E-state index is 9.25. The molecule has 0 aliphatic carbocycles. The van der Waals surface area contributed by atoms with E-state index in [-0.39, 0.29) is 12.1 Å². The van der Waals surface area contributed by atoms with Gasteiger partial charge in [-0.05, 0) is 26.3 Å². The second-order valence-corrected chi connectivity index (χ2v) is 4.33. The summed E-state index contributed by atoms with van der Waals surface area (Å²) in [5.74, 6) is 0. The number of rotatable bonds is 5. The highest BCUT2D eigenvalue weighted by atomic mass is 16.3. The van der Waals surface area contributed by atoms with Crippen LogP contribution in [-0.4, -0.2) is 27.0 Å². The van der Waals surface area contributed by atoms with E-state index in [4.69, 9.17) is 0 Å². The topological polar surface area (TPSA) is 50.1 Å². The van der Waals surface area contributed by atoms with E-state index in [9.17, 15) is 5.11 Å². The summed E-state index contributed by atoms with van der Waals surface area (Å²) in [7, 11) is 1.94. The Morgan fingerprint density at radius 3 is 2.67 bits per heavy atom. The van der Waals surface area contributed by atoms with Crippen molar-refractivity contribution in [2.24, 2.45) is 7.05 Å². The maximum Gasteiger partial charge on any atom is 0.0610 e. The monoisotopic (exact) mass is 211 g/mol. The molecule has 15 heavy (non-hydrogen) atoms. The van der Waals surface area contributed by atoms with Gasteiger partial charge < -0.3 is 10.4 Å². The highest BCUT2D eigenvalue weighted by Gasteiger charge is 2.20. The summed E-state index contributed by atoms with van der Waals surface area (Å²) in [5.41, 5.74) is 1.97. The summed E-state index contributed by atoms with van der Waals surface area (Å²) < 4.78 is 1.87. The Morgan fingerprint density at radius 1 is 1.60 bits per heavy atom. The van der Waals surface area contributed by atoms with Crippen LogP contribution in [0.25, 0.3) is 0 Å². The normalized spacial score (nSPS) is 15.3. The van der Waals surface area contributed by atoms with Crippen molar-refractivity contribution in [2.45, 2.75) is 39.3 Å². The average molecular weight is 211 g/mol. The SMILES string of the molecule is CCC(C)(CO)NCc1cc(C)nn1C. The van der Waals surface area contributed by atoms with Gasteiger partial charge in [-0.15, -0.1) is 0 Å². The molecule has 4 heteroatoms. The number of aromatic nitrogens is 2. The molecule has 2 N–H and O–H groups in total. The van der Waals surface area contributed by atoms with E-state index in [0.717, 1.165) is 24.4 Å². The zero-order valence-corrected chi connectivity index (χ0v) is 10.0. The molecule has 1 atom stereocenters. The van der Waals surface area contributed by atoms with Crippen LogP contribution in [0.15, 0.2) is 6.07 Å². The van der Waals surface area contributed by atoms with Crippen LogP contribution in [0, 0.1) is 6.92 Å². The second kappa shape index (κ2) is 4.77. The van der Waals surface area contributed by atoms with Gasteiger partial charge in [0.05, 0.1) is 18.0 Å². The van der Waals surface area contributed by atoms with Crippen LogP contribution in [-0.2, 0) is 13.6 Å². The molecule has 0 spiro atoms. The number of aliphatic hydroxyl groups excluding tert-OH is 1. The van der Waals surface area contributed by atoms with Crippen LogP contribution in [0.3, 0.4) is 0 Å². The average Bonchev–Trinajstić information content (AvgIpc) is 2.54. The van der Waals surface area contributed by atoms with E-state index in [1.54, 1.807) is 0 Å². The van der Waals surface area contributed by atoms with Crippen LogP contribution in [0.5, 0.6) is 0 Å². The molecule has 0 saturated heterocycles. The molecule has 86 valence electrons. The number of hydrogen-bond acceptors (Lipinski definition) is 3. The highest BCUT2D eigenvalue weighted by Crippen LogP contribution is 2.10. The Balaban J connectivity index is 2.60. The molecule has 1 unspecified atom stereocenters. The summed E-state index contributed by atoms with van der Waals surface area (Å²) in [5, 5.41) is 16.9. The summed E-state index contributed by atoms with van der Waals surface area (Å²) in [4.78, 5) is 0. The van der Waals surface area contributed by atoms with Crippen molar-refractivity contribution in [3.8, 4) is 0 Å². The largest absolute Gasteiger partial charge is 0.394 e. The van der Waals surface area contributed by atoms with Gasteiger partial charge in [-0.2, -0.15) is 5.10 Å². The zero-order valence-electron chi connectivity index (χ0n) is 10.0. The first-order chi connectivity index (χ1) is 7.00. The van der Waals surface area contributed by atoms with Crippen molar-refractivity contribution in [1.29, 1.82) is 0 Å².